The number of nitrogens with one attached hydrogen (secondary N) is 2. The summed E-state index contributed by atoms with van der Waals surface area (Å²) in [6.07, 6.45) is 3.36. The zero-order chi connectivity index (χ0) is 18.1. The van der Waals surface area contributed by atoms with Crippen LogP contribution in [-0.2, 0) is 19.3 Å². The van der Waals surface area contributed by atoms with Gasteiger partial charge in [-0.3, -0.25) is 5.10 Å². The Morgan fingerprint density at radius 3 is 2.69 bits per heavy atom. The summed E-state index contributed by atoms with van der Waals surface area (Å²) in [4.78, 5) is 0. The molecular formula is C23H29N3. The largest absolute Gasteiger partial charge is 0.313 e. The zero-order valence-corrected chi connectivity index (χ0v) is 16.0. The summed E-state index contributed by atoms with van der Waals surface area (Å²) >= 11 is 0. The highest BCUT2D eigenvalue weighted by Crippen LogP contribution is 2.26. The molecule has 2 aromatic carbocycles. The van der Waals surface area contributed by atoms with Crippen LogP contribution >= 0.6 is 0 Å². The van der Waals surface area contributed by atoms with Crippen molar-refractivity contribution in [2.45, 2.75) is 52.0 Å². The van der Waals surface area contributed by atoms with Gasteiger partial charge in [0.15, 0.2) is 0 Å². The van der Waals surface area contributed by atoms with Gasteiger partial charge in [-0.15, -0.1) is 0 Å². The molecule has 0 spiro atoms. The standard InChI is InChI=1S/C23H29N3/c1-15(2)23-20-13-17(8-9-21(20)25-26-23)12-16(3)22-14-19-7-5-4-6-18(19)10-11-24-22/h4-9,13,15-16,22,24H,10-12,14H2,1-3H3,(H,25,26). The summed E-state index contributed by atoms with van der Waals surface area (Å²) in [5.41, 5.74) is 6.76. The Bertz CT molecular complexity index is 893. The highest BCUT2D eigenvalue weighted by Gasteiger charge is 2.22. The van der Waals surface area contributed by atoms with Crippen LogP contribution in [-0.4, -0.2) is 22.8 Å². The molecule has 1 aliphatic rings. The summed E-state index contributed by atoms with van der Waals surface area (Å²) in [5.74, 6) is 1.06. The summed E-state index contributed by atoms with van der Waals surface area (Å²) in [7, 11) is 0. The third-order valence-corrected chi connectivity index (χ3v) is 5.83. The SMILES string of the molecule is CC(C)c1[nH]nc2ccc(CC(C)C3Cc4ccccc4CCN3)cc12. The van der Waals surface area contributed by atoms with Crippen LogP contribution in [0.25, 0.3) is 10.9 Å². The smallest absolute Gasteiger partial charge is 0.0924 e. The van der Waals surface area contributed by atoms with Crippen molar-refractivity contribution in [3.63, 3.8) is 0 Å². The highest BCUT2D eigenvalue weighted by molar-refractivity contribution is 5.82. The average molecular weight is 348 g/mol. The fraction of sp³-hybridized carbons (Fsp3) is 0.435. The van der Waals surface area contributed by atoms with Gasteiger partial charge in [-0.25, -0.2) is 0 Å². The number of nitrogens with zero attached hydrogens (tertiary/aromatic N) is 1. The van der Waals surface area contributed by atoms with Crippen LogP contribution in [0, 0.1) is 5.92 Å². The van der Waals surface area contributed by atoms with Crippen molar-refractivity contribution in [3.05, 3.63) is 64.8 Å². The van der Waals surface area contributed by atoms with Crippen LogP contribution in [0.3, 0.4) is 0 Å². The highest BCUT2D eigenvalue weighted by atomic mass is 15.1. The second kappa shape index (κ2) is 7.24. The fourth-order valence-electron chi connectivity index (χ4n) is 4.26. The van der Waals surface area contributed by atoms with Gasteiger partial charge in [-0.2, -0.15) is 5.10 Å². The summed E-state index contributed by atoms with van der Waals surface area (Å²) in [6.45, 7) is 7.89. The summed E-state index contributed by atoms with van der Waals surface area (Å²) in [5, 5.41) is 12.7. The first-order valence-corrected chi connectivity index (χ1v) is 9.89. The zero-order valence-electron chi connectivity index (χ0n) is 16.0. The second-order valence-corrected chi connectivity index (χ2v) is 8.11. The molecular weight excluding hydrogens is 318 g/mol. The minimum Gasteiger partial charge on any atom is -0.313 e. The number of aromatic amines is 1. The molecule has 2 atom stereocenters. The molecule has 136 valence electrons. The number of rotatable bonds is 4. The Morgan fingerprint density at radius 1 is 1.08 bits per heavy atom. The van der Waals surface area contributed by atoms with Gasteiger partial charge < -0.3 is 5.32 Å². The number of H-pyrrole nitrogens is 1. The van der Waals surface area contributed by atoms with E-state index < -0.39 is 0 Å². The van der Waals surface area contributed by atoms with Crippen LogP contribution in [0.1, 0.15) is 49.1 Å². The van der Waals surface area contributed by atoms with Crippen LogP contribution in [0.2, 0.25) is 0 Å². The summed E-state index contributed by atoms with van der Waals surface area (Å²) in [6, 6.07) is 16.2. The predicted molar refractivity (Wildman–Crippen MR) is 109 cm³/mol. The first-order chi connectivity index (χ1) is 12.6. The van der Waals surface area contributed by atoms with Gasteiger partial charge in [0.2, 0.25) is 0 Å². The van der Waals surface area contributed by atoms with Crippen molar-refractivity contribution in [1.82, 2.24) is 15.5 Å². The Hall–Kier alpha value is -2.13. The van der Waals surface area contributed by atoms with Gasteiger partial charge in [0, 0.05) is 17.1 Å². The van der Waals surface area contributed by atoms with Gasteiger partial charge in [0.25, 0.3) is 0 Å². The lowest BCUT2D eigenvalue weighted by Gasteiger charge is -2.24. The quantitative estimate of drug-likeness (QED) is 0.723. The fourth-order valence-corrected chi connectivity index (χ4v) is 4.26. The van der Waals surface area contributed by atoms with Gasteiger partial charge >= 0.3 is 0 Å². The molecule has 4 rings (SSSR count). The van der Waals surface area contributed by atoms with E-state index in [1.54, 1.807) is 0 Å². The molecule has 1 aliphatic heterocycles. The minimum atomic E-state index is 0.465. The molecule has 0 saturated heterocycles. The summed E-state index contributed by atoms with van der Waals surface area (Å²) < 4.78 is 0. The van der Waals surface area contributed by atoms with Crippen LogP contribution in [0.4, 0.5) is 0 Å². The number of fused-ring (bicyclic) bond motifs is 2. The lowest BCUT2D eigenvalue weighted by atomic mass is 9.88. The maximum absolute atomic E-state index is 4.45. The van der Waals surface area contributed by atoms with E-state index in [1.165, 1.54) is 27.8 Å². The van der Waals surface area contributed by atoms with Crippen molar-refractivity contribution >= 4 is 10.9 Å². The molecule has 2 N–H and O–H groups in total. The van der Waals surface area contributed by atoms with Crippen molar-refractivity contribution < 1.29 is 0 Å². The number of benzene rings is 2. The molecule has 0 fully saturated rings. The van der Waals surface area contributed by atoms with E-state index in [1.807, 2.05) is 0 Å². The van der Waals surface area contributed by atoms with E-state index in [0.717, 1.165) is 31.3 Å². The monoisotopic (exact) mass is 347 g/mol. The molecule has 0 amide bonds. The van der Waals surface area contributed by atoms with Gasteiger partial charge in [-0.05, 0) is 66.5 Å². The molecule has 2 heterocycles. The second-order valence-electron chi connectivity index (χ2n) is 8.11. The maximum atomic E-state index is 4.45. The van der Waals surface area contributed by atoms with Crippen molar-refractivity contribution in [2.75, 3.05) is 6.54 Å². The van der Waals surface area contributed by atoms with E-state index in [0.29, 0.717) is 17.9 Å². The number of aromatic nitrogens is 2. The first kappa shape index (κ1) is 17.3. The van der Waals surface area contributed by atoms with Gasteiger partial charge in [0.1, 0.15) is 0 Å². The Balaban J connectivity index is 1.53. The molecule has 2 unspecified atom stereocenters. The molecule has 0 aliphatic carbocycles. The molecule has 0 saturated carbocycles. The van der Waals surface area contributed by atoms with Crippen molar-refractivity contribution in [2.24, 2.45) is 5.92 Å². The van der Waals surface area contributed by atoms with E-state index in [9.17, 15) is 0 Å². The lowest BCUT2D eigenvalue weighted by Crippen LogP contribution is -2.37. The third kappa shape index (κ3) is 3.41. The van der Waals surface area contributed by atoms with E-state index in [2.05, 4.69) is 78.7 Å². The van der Waals surface area contributed by atoms with Gasteiger partial charge in [-0.1, -0.05) is 51.1 Å². The van der Waals surface area contributed by atoms with Crippen LogP contribution in [0.15, 0.2) is 42.5 Å². The minimum absolute atomic E-state index is 0.465. The van der Waals surface area contributed by atoms with Crippen molar-refractivity contribution in [1.29, 1.82) is 0 Å². The van der Waals surface area contributed by atoms with Crippen LogP contribution < -0.4 is 5.32 Å². The molecule has 3 heteroatoms. The first-order valence-electron chi connectivity index (χ1n) is 9.89. The Labute approximate surface area is 156 Å². The molecule has 3 aromatic rings. The molecule has 0 radical (unpaired) electrons. The lowest BCUT2D eigenvalue weighted by molar-refractivity contribution is 0.380. The van der Waals surface area contributed by atoms with Gasteiger partial charge in [0.05, 0.1) is 5.52 Å². The molecule has 1 aromatic heterocycles. The Morgan fingerprint density at radius 2 is 1.88 bits per heavy atom. The van der Waals surface area contributed by atoms with E-state index in [-0.39, 0.29) is 0 Å². The number of hydrogen-bond donors (Lipinski definition) is 2. The van der Waals surface area contributed by atoms with Crippen LogP contribution in [0.5, 0.6) is 0 Å². The van der Waals surface area contributed by atoms with E-state index in [4.69, 9.17) is 0 Å². The predicted octanol–water partition coefficient (Wildman–Crippen LogP) is 4.62. The maximum Gasteiger partial charge on any atom is 0.0924 e. The molecule has 26 heavy (non-hydrogen) atoms. The number of hydrogen-bond acceptors (Lipinski definition) is 2. The third-order valence-electron chi connectivity index (χ3n) is 5.83. The van der Waals surface area contributed by atoms with Crippen molar-refractivity contribution in [3.8, 4) is 0 Å². The van der Waals surface area contributed by atoms with E-state index >= 15 is 0 Å². The Kier molecular flexibility index (Phi) is 4.82. The molecule has 3 nitrogen and oxygen atoms in total. The normalized spacial score (nSPS) is 18.7. The topological polar surface area (TPSA) is 40.7 Å². The average Bonchev–Trinajstić information content (AvgIpc) is 2.92. The molecule has 0 bridgehead atoms.